The van der Waals surface area contributed by atoms with E-state index < -0.39 is 0 Å². The van der Waals surface area contributed by atoms with Crippen LogP contribution in [0.25, 0.3) is 0 Å². The summed E-state index contributed by atoms with van der Waals surface area (Å²) in [5.74, 6) is 0.789. The molecule has 5 heteroatoms. The maximum atomic E-state index is 13.4. The quantitative estimate of drug-likeness (QED) is 0.832. The molecule has 1 heterocycles. The molecule has 0 spiro atoms. The third-order valence-corrected chi connectivity index (χ3v) is 6.17. The van der Waals surface area contributed by atoms with Crippen molar-refractivity contribution in [2.24, 2.45) is 17.1 Å². The summed E-state index contributed by atoms with van der Waals surface area (Å²) in [6.07, 6.45) is 7.32. The van der Waals surface area contributed by atoms with E-state index in [0.29, 0.717) is 11.8 Å². The van der Waals surface area contributed by atoms with Crippen LogP contribution in [0.4, 0.5) is 0 Å². The molecule has 2 atom stereocenters. The SMILES string of the molecule is CC(N)C1CCCN(C(=O)C2(Cc3cccc(Cl)c3)CCCC2)C1.Cl. The highest BCUT2D eigenvalue weighted by Crippen LogP contribution is 2.43. The molecule has 140 valence electrons. The number of piperidine rings is 1. The number of benzene rings is 1. The first-order valence-electron chi connectivity index (χ1n) is 9.30. The first-order chi connectivity index (χ1) is 11.5. The zero-order valence-electron chi connectivity index (χ0n) is 15.0. The van der Waals surface area contributed by atoms with Crippen LogP contribution in [0.1, 0.15) is 51.0 Å². The summed E-state index contributed by atoms with van der Waals surface area (Å²) in [5, 5.41) is 0.753. The molecule has 2 unspecified atom stereocenters. The number of carbonyl (C=O) groups is 1. The van der Waals surface area contributed by atoms with Crippen molar-refractivity contribution in [2.75, 3.05) is 13.1 Å². The van der Waals surface area contributed by atoms with Crippen LogP contribution < -0.4 is 5.73 Å². The molecule has 0 radical (unpaired) electrons. The number of rotatable bonds is 4. The third-order valence-electron chi connectivity index (χ3n) is 5.93. The second kappa shape index (κ2) is 8.75. The molecule has 1 amide bonds. The van der Waals surface area contributed by atoms with Crippen LogP contribution in [-0.4, -0.2) is 29.9 Å². The van der Waals surface area contributed by atoms with Crippen molar-refractivity contribution in [3.63, 3.8) is 0 Å². The lowest BCUT2D eigenvalue weighted by Gasteiger charge is -2.40. The Labute approximate surface area is 162 Å². The van der Waals surface area contributed by atoms with Gasteiger partial charge in [0.2, 0.25) is 5.91 Å². The largest absolute Gasteiger partial charge is 0.342 e. The van der Waals surface area contributed by atoms with Gasteiger partial charge >= 0.3 is 0 Å². The highest BCUT2D eigenvalue weighted by atomic mass is 35.5. The maximum Gasteiger partial charge on any atom is 0.229 e. The van der Waals surface area contributed by atoms with Gasteiger partial charge in [0.05, 0.1) is 5.41 Å². The van der Waals surface area contributed by atoms with Gasteiger partial charge in [0, 0.05) is 24.2 Å². The maximum absolute atomic E-state index is 13.4. The van der Waals surface area contributed by atoms with Gasteiger partial charge in [-0.3, -0.25) is 4.79 Å². The molecule has 3 nitrogen and oxygen atoms in total. The average molecular weight is 385 g/mol. The number of hydrogen-bond acceptors (Lipinski definition) is 2. The molecule has 1 aromatic carbocycles. The van der Waals surface area contributed by atoms with E-state index in [4.69, 9.17) is 17.3 Å². The zero-order chi connectivity index (χ0) is 17.2. The molecular weight excluding hydrogens is 355 g/mol. The fraction of sp³-hybridized carbons (Fsp3) is 0.650. The van der Waals surface area contributed by atoms with Crippen molar-refractivity contribution < 1.29 is 4.79 Å². The van der Waals surface area contributed by atoms with Crippen molar-refractivity contribution in [3.05, 3.63) is 34.9 Å². The van der Waals surface area contributed by atoms with Crippen LogP contribution in [0.5, 0.6) is 0 Å². The summed E-state index contributed by atoms with van der Waals surface area (Å²) >= 11 is 6.15. The van der Waals surface area contributed by atoms with Gasteiger partial charge in [0.25, 0.3) is 0 Å². The Morgan fingerprint density at radius 2 is 2.08 bits per heavy atom. The minimum absolute atomic E-state index is 0. The van der Waals surface area contributed by atoms with Crippen LogP contribution in [0.2, 0.25) is 5.02 Å². The van der Waals surface area contributed by atoms with Crippen LogP contribution in [0.15, 0.2) is 24.3 Å². The predicted octanol–water partition coefficient (Wildman–Crippen LogP) is 4.45. The first-order valence-corrected chi connectivity index (χ1v) is 9.67. The Hall–Kier alpha value is -0.770. The van der Waals surface area contributed by atoms with E-state index in [2.05, 4.69) is 17.9 Å². The molecule has 1 aliphatic heterocycles. The highest BCUT2D eigenvalue weighted by molar-refractivity contribution is 6.30. The van der Waals surface area contributed by atoms with Crippen LogP contribution in [-0.2, 0) is 11.2 Å². The number of likely N-dealkylation sites (tertiary alicyclic amines) is 1. The molecule has 2 fully saturated rings. The zero-order valence-corrected chi connectivity index (χ0v) is 16.6. The van der Waals surface area contributed by atoms with Gasteiger partial charge in [0.15, 0.2) is 0 Å². The lowest BCUT2D eigenvalue weighted by atomic mass is 9.77. The van der Waals surface area contributed by atoms with Crippen LogP contribution in [0, 0.1) is 11.3 Å². The van der Waals surface area contributed by atoms with Gasteiger partial charge in [-0.1, -0.05) is 36.6 Å². The molecule has 1 saturated carbocycles. The summed E-state index contributed by atoms with van der Waals surface area (Å²) < 4.78 is 0. The molecule has 25 heavy (non-hydrogen) atoms. The van der Waals surface area contributed by atoms with Gasteiger partial charge in [-0.15, -0.1) is 12.4 Å². The van der Waals surface area contributed by atoms with Gasteiger partial charge in [-0.05, 0) is 62.6 Å². The van der Waals surface area contributed by atoms with E-state index in [0.717, 1.165) is 63.1 Å². The van der Waals surface area contributed by atoms with Gasteiger partial charge in [-0.25, -0.2) is 0 Å². The van der Waals surface area contributed by atoms with Crippen LogP contribution >= 0.6 is 24.0 Å². The number of hydrogen-bond donors (Lipinski definition) is 1. The Morgan fingerprint density at radius 3 is 2.72 bits per heavy atom. The number of halogens is 2. The predicted molar refractivity (Wildman–Crippen MR) is 106 cm³/mol. The molecule has 2 aliphatic rings. The molecule has 0 aromatic heterocycles. The topological polar surface area (TPSA) is 46.3 Å². The normalized spacial score (nSPS) is 23.8. The minimum Gasteiger partial charge on any atom is -0.342 e. The summed E-state index contributed by atoms with van der Waals surface area (Å²) in [6.45, 7) is 3.78. The van der Waals surface area contributed by atoms with E-state index in [1.54, 1.807) is 0 Å². The number of amides is 1. The van der Waals surface area contributed by atoms with Gasteiger partial charge < -0.3 is 10.6 Å². The lowest BCUT2D eigenvalue weighted by molar-refractivity contribution is -0.144. The third kappa shape index (κ3) is 4.69. The minimum atomic E-state index is -0.232. The van der Waals surface area contributed by atoms with Crippen molar-refractivity contribution >= 4 is 29.9 Å². The van der Waals surface area contributed by atoms with Crippen molar-refractivity contribution in [1.29, 1.82) is 0 Å². The summed E-state index contributed by atoms with van der Waals surface area (Å²) in [4.78, 5) is 15.5. The molecule has 1 saturated heterocycles. The van der Waals surface area contributed by atoms with E-state index in [1.807, 2.05) is 18.2 Å². The van der Waals surface area contributed by atoms with Crippen LogP contribution in [0.3, 0.4) is 0 Å². The van der Waals surface area contributed by atoms with E-state index in [-0.39, 0.29) is 23.9 Å². The number of nitrogens with zero attached hydrogens (tertiary/aromatic N) is 1. The Bertz CT molecular complexity index is 585. The van der Waals surface area contributed by atoms with Crippen molar-refractivity contribution in [3.8, 4) is 0 Å². The molecular formula is C20H30Cl2N2O. The van der Waals surface area contributed by atoms with Crippen molar-refractivity contribution in [2.45, 2.75) is 57.9 Å². The summed E-state index contributed by atoms with van der Waals surface area (Å²) in [7, 11) is 0. The number of carbonyl (C=O) groups excluding carboxylic acids is 1. The lowest BCUT2D eigenvalue weighted by Crippen LogP contribution is -2.50. The van der Waals surface area contributed by atoms with Gasteiger partial charge in [-0.2, -0.15) is 0 Å². The molecule has 1 aromatic rings. The molecule has 2 N–H and O–H groups in total. The summed E-state index contributed by atoms with van der Waals surface area (Å²) in [6, 6.07) is 8.15. The Kier molecular flexibility index (Phi) is 7.19. The Balaban J connectivity index is 0.00000225. The van der Waals surface area contributed by atoms with E-state index >= 15 is 0 Å². The standard InChI is InChI=1S/C20H29ClN2O.ClH/c1-15(22)17-7-5-11-23(14-17)19(24)20(9-2-3-10-20)13-16-6-4-8-18(21)12-16;/h4,6,8,12,15,17H,2-3,5,7,9-11,13-14,22H2,1H3;1H. The average Bonchev–Trinajstić information content (AvgIpc) is 3.04. The van der Waals surface area contributed by atoms with E-state index in [9.17, 15) is 4.79 Å². The number of nitrogens with two attached hydrogens (primary N) is 1. The molecule has 1 aliphatic carbocycles. The second-order valence-electron chi connectivity index (χ2n) is 7.81. The summed E-state index contributed by atoms with van der Waals surface area (Å²) in [5.41, 5.74) is 7.05. The van der Waals surface area contributed by atoms with E-state index in [1.165, 1.54) is 5.56 Å². The molecule has 3 rings (SSSR count). The fourth-order valence-corrected chi connectivity index (χ4v) is 4.73. The van der Waals surface area contributed by atoms with Gasteiger partial charge in [0.1, 0.15) is 0 Å². The second-order valence-corrected chi connectivity index (χ2v) is 8.24. The monoisotopic (exact) mass is 384 g/mol. The highest BCUT2D eigenvalue weighted by Gasteiger charge is 2.44. The van der Waals surface area contributed by atoms with Crippen molar-refractivity contribution in [1.82, 2.24) is 4.90 Å². The smallest absolute Gasteiger partial charge is 0.229 e. The first kappa shape index (κ1) is 20.5. The fourth-order valence-electron chi connectivity index (χ4n) is 4.51. The molecule has 0 bridgehead atoms. The Morgan fingerprint density at radius 1 is 1.36 bits per heavy atom.